The molecule has 5 heteroatoms. The molecule has 19 heavy (non-hydrogen) atoms. The predicted molar refractivity (Wildman–Crippen MR) is 90.4 cm³/mol. The average Bonchev–Trinajstić information content (AvgIpc) is 2.43. The van der Waals surface area contributed by atoms with Gasteiger partial charge in [0.05, 0.1) is 9.26 Å². The van der Waals surface area contributed by atoms with E-state index in [0.717, 1.165) is 27.0 Å². The van der Waals surface area contributed by atoms with Crippen molar-refractivity contribution in [3.63, 3.8) is 0 Å². The summed E-state index contributed by atoms with van der Waals surface area (Å²) >= 11 is 4.03. The van der Waals surface area contributed by atoms with Crippen LogP contribution in [0.3, 0.4) is 0 Å². The quantitative estimate of drug-likeness (QED) is 0.639. The van der Waals surface area contributed by atoms with Gasteiger partial charge in [-0.25, -0.2) is 9.97 Å². The van der Waals surface area contributed by atoms with E-state index < -0.39 is 0 Å². The molecular weight excluding hydrogens is 369 g/mol. The molecule has 0 amide bonds. The highest BCUT2D eigenvalue weighted by molar-refractivity contribution is 14.1. The average molecular weight is 385 g/mol. The Labute approximate surface area is 131 Å². The number of hydrogen-bond acceptors (Lipinski definition) is 4. The molecule has 2 aromatic rings. The van der Waals surface area contributed by atoms with Gasteiger partial charge in [-0.05, 0) is 46.9 Å². The van der Waals surface area contributed by atoms with Crippen LogP contribution in [0, 0.1) is 3.57 Å². The molecule has 1 heterocycles. The van der Waals surface area contributed by atoms with Crippen molar-refractivity contribution in [2.45, 2.75) is 25.2 Å². The number of anilines is 1. The SMILES string of the molecule is CCSc1ccc(-c2nc(N)c(I)c(CC)n2)cc1. The Morgan fingerprint density at radius 1 is 1.16 bits per heavy atom. The van der Waals surface area contributed by atoms with E-state index in [9.17, 15) is 0 Å². The molecule has 1 aromatic carbocycles. The molecule has 0 fully saturated rings. The maximum Gasteiger partial charge on any atom is 0.161 e. The molecule has 0 spiro atoms. The summed E-state index contributed by atoms with van der Waals surface area (Å²) in [7, 11) is 0. The molecule has 2 N–H and O–H groups in total. The van der Waals surface area contributed by atoms with Crippen LogP contribution in [0.4, 0.5) is 5.82 Å². The van der Waals surface area contributed by atoms with E-state index in [-0.39, 0.29) is 0 Å². The van der Waals surface area contributed by atoms with Crippen molar-refractivity contribution >= 4 is 40.2 Å². The second kappa shape index (κ2) is 6.56. The lowest BCUT2D eigenvalue weighted by Crippen LogP contribution is -2.04. The normalized spacial score (nSPS) is 10.7. The number of hydrogen-bond donors (Lipinski definition) is 1. The van der Waals surface area contributed by atoms with Gasteiger partial charge in [0.1, 0.15) is 5.82 Å². The number of nitrogens with zero attached hydrogens (tertiary/aromatic N) is 2. The maximum atomic E-state index is 5.95. The number of rotatable bonds is 4. The first-order valence-corrected chi connectivity index (χ1v) is 8.27. The fraction of sp³-hybridized carbons (Fsp3) is 0.286. The summed E-state index contributed by atoms with van der Waals surface area (Å²) in [5, 5.41) is 0. The van der Waals surface area contributed by atoms with Crippen molar-refractivity contribution in [2.24, 2.45) is 0 Å². The number of nitrogen functional groups attached to an aromatic ring is 1. The summed E-state index contributed by atoms with van der Waals surface area (Å²) in [5.41, 5.74) is 7.97. The summed E-state index contributed by atoms with van der Waals surface area (Å²) in [4.78, 5) is 10.2. The monoisotopic (exact) mass is 385 g/mol. The van der Waals surface area contributed by atoms with Crippen molar-refractivity contribution in [1.82, 2.24) is 9.97 Å². The first-order valence-electron chi connectivity index (χ1n) is 6.20. The van der Waals surface area contributed by atoms with Crippen molar-refractivity contribution in [1.29, 1.82) is 0 Å². The van der Waals surface area contributed by atoms with E-state index in [1.54, 1.807) is 0 Å². The van der Waals surface area contributed by atoms with E-state index in [1.807, 2.05) is 11.8 Å². The van der Waals surface area contributed by atoms with Gasteiger partial charge < -0.3 is 5.73 Å². The molecule has 0 aliphatic rings. The first kappa shape index (κ1) is 14.6. The zero-order valence-electron chi connectivity index (χ0n) is 11.0. The molecule has 2 rings (SSSR count). The Morgan fingerprint density at radius 2 is 1.84 bits per heavy atom. The maximum absolute atomic E-state index is 5.95. The largest absolute Gasteiger partial charge is 0.383 e. The Morgan fingerprint density at radius 3 is 2.42 bits per heavy atom. The van der Waals surface area contributed by atoms with Crippen LogP contribution in [0.15, 0.2) is 29.2 Å². The van der Waals surface area contributed by atoms with E-state index in [2.05, 4.69) is 70.7 Å². The molecule has 0 atom stereocenters. The van der Waals surface area contributed by atoms with Gasteiger partial charge in [-0.15, -0.1) is 11.8 Å². The third-order valence-electron chi connectivity index (χ3n) is 2.70. The molecule has 0 saturated carbocycles. The minimum Gasteiger partial charge on any atom is -0.383 e. The lowest BCUT2D eigenvalue weighted by atomic mass is 10.2. The fourth-order valence-electron chi connectivity index (χ4n) is 1.74. The van der Waals surface area contributed by atoms with Crippen LogP contribution in [-0.4, -0.2) is 15.7 Å². The van der Waals surface area contributed by atoms with Gasteiger partial charge in [-0.1, -0.05) is 26.0 Å². The van der Waals surface area contributed by atoms with E-state index in [0.29, 0.717) is 11.6 Å². The topological polar surface area (TPSA) is 51.8 Å². The van der Waals surface area contributed by atoms with E-state index in [4.69, 9.17) is 5.73 Å². The number of benzene rings is 1. The Hall–Kier alpha value is -0.820. The molecule has 100 valence electrons. The van der Waals surface area contributed by atoms with Gasteiger partial charge in [0.15, 0.2) is 5.82 Å². The molecule has 0 unspecified atom stereocenters. The highest BCUT2D eigenvalue weighted by atomic mass is 127. The number of thioether (sulfide) groups is 1. The molecule has 0 radical (unpaired) electrons. The van der Waals surface area contributed by atoms with Gasteiger partial charge >= 0.3 is 0 Å². The van der Waals surface area contributed by atoms with Crippen molar-refractivity contribution < 1.29 is 0 Å². The summed E-state index contributed by atoms with van der Waals surface area (Å²) in [6.07, 6.45) is 0.863. The van der Waals surface area contributed by atoms with E-state index in [1.165, 1.54) is 4.90 Å². The number of nitrogens with two attached hydrogens (primary N) is 1. The molecule has 0 saturated heterocycles. The minimum absolute atomic E-state index is 0.564. The summed E-state index contributed by atoms with van der Waals surface area (Å²) < 4.78 is 0.960. The lowest BCUT2D eigenvalue weighted by molar-refractivity contribution is 0.994. The van der Waals surface area contributed by atoms with E-state index >= 15 is 0 Å². The summed E-state index contributed by atoms with van der Waals surface area (Å²) in [5.74, 6) is 2.35. The molecular formula is C14H16IN3S. The lowest BCUT2D eigenvalue weighted by Gasteiger charge is -2.08. The number of halogens is 1. The smallest absolute Gasteiger partial charge is 0.161 e. The van der Waals surface area contributed by atoms with Crippen LogP contribution in [0.1, 0.15) is 19.5 Å². The first-order chi connectivity index (χ1) is 9.15. The zero-order valence-corrected chi connectivity index (χ0v) is 14.0. The van der Waals surface area contributed by atoms with Crippen molar-refractivity contribution in [3.05, 3.63) is 33.5 Å². The van der Waals surface area contributed by atoms with Gasteiger partial charge in [-0.3, -0.25) is 0 Å². The highest BCUT2D eigenvalue weighted by Gasteiger charge is 2.10. The minimum atomic E-state index is 0.564. The van der Waals surface area contributed by atoms with Crippen LogP contribution in [0.5, 0.6) is 0 Å². The number of aromatic nitrogens is 2. The molecule has 1 aromatic heterocycles. The molecule has 0 aliphatic heterocycles. The molecule has 3 nitrogen and oxygen atoms in total. The van der Waals surface area contributed by atoms with Crippen molar-refractivity contribution in [3.8, 4) is 11.4 Å². The van der Waals surface area contributed by atoms with Crippen LogP contribution in [0.2, 0.25) is 0 Å². The Balaban J connectivity index is 2.38. The van der Waals surface area contributed by atoms with Gasteiger partial charge in [0.25, 0.3) is 0 Å². The standard InChI is InChI=1S/C14H16IN3S/c1-3-11-12(15)13(16)18-14(17-11)9-5-7-10(8-6-9)19-4-2/h5-8H,3-4H2,1-2H3,(H2,16,17,18). The third kappa shape index (κ3) is 3.39. The van der Waals surface area contributed by atoms with Gasteiger partial charge in [-0.2, -0.15) is 0 Å². The van der Waals surface area contributed by atoms with Crippen LogP contribution >= 0.6 is 34.4 Å². The highest BCUT2D eigenvalue weighted by Crippen LogP contribution is 2.25. The van der Waals surface area contributed by atoms with Crippen LogP contribution in [-0.2, 0) is 6.42 Å². The Bertz CT molecular complexity index is 570. The second-order valence-electron chi connectivity index (χ2n) is 4.00. The fourth-order valence-corrected chi connectivity index (χ4v) is 3.03. The summed E-state index contributed by atoms with van der Waals surface area (Å²) in [6.45, 7) is 4.23. The number of aryl methyl sites for hydroxylation is 1. The van der Waals surface area contributed by atoms with Crippen LogP contribution < -0.4 is 5.73 Å². The second-order valence-corrected chi connectivity index (χ2v) is 6.42. The third-order valence-corrected chi connectivity index (χ3v) is 4.77. The zero-order chi connectivity index (χ0) is 13.8. The Kier molecular flexibility index (Phi) is 5.04. The predicted octanol–water partition coefficient (Wildman–Crippen LogP) is 4.00. The summed E-state index contributed by atoms with van der Waals surface area (Å²) in [6, 6.07) is 8.32. The molecule has 0 bridgehead atoms. The molecule has 0 aliphatic carbocycles. The van der Waals surface area contributed by atoms with Gasteiger partial charge in [0.2, 0.25) is 0 Å². The van der Waals surface area contributed by atoms with Gasteiger partial charge in [0, 0.05) is 10.5 Å². The van der Waals surface area contributed by atoms with Crippen molar-refractivity contribution in [2.75, 3.05) is 11.5 Å². The van der Waals surface area contributed by atoms with Crippen LogP contribution in [0.25, 0.3) is 11.4 Å².